The molecule has 0 aliphatic carbocycles. The molecule has 156 valence electrons. The Kier molecular flexibility index (Phi) is 4.33. The molecule has 0 unspecified atom stereocenters. The van der Waals surface area contributed by atoms with E-state index in [0.717, 1.165) is 43.0 Å². The number of carbonyl (C=O) groups excluding carboxylic acids is 1. The van der Waals surface area contributed by atoms with Crippen LogP contribution >= 0.6 is 0 Å². The van der Waals surface area contributed by atoms with Gasteiger partial charge in [-0.15, -0.1) is 0 Å². The molecule has 0 aromatic carbocycles. The summed E-state index contributed by atoms with van der Waals surface area (Å²) >= 11 is 0. The summed E-state index contributed by atoms with van der Waals surface area (Å²) in [5.74, 6) is 1.18. The number of aryl methyl sites for hydroxylation is 3. The van der Waals surface area contributed by atoms with Crippen molar-refractivity contribution in [1.82, 2.24) is 19.9 Å². The van der Waals surface area contributed by atoms with Gasteiger partial charge in [-0.3, -0.25) is 4.79 Å². The minimum atomic E-state index is -0.196. The molecule has 2 aromatic heterocycles. The largest absolute Gasteiger partial charge is 0.369 e. The Hall–Kier alpha value is -2.92. The highest BCUT2D eigenvalue weighted by atomic mass is 16.5. The highest BCUT2D eigenvalue weighted by molar-refractivity contribution is 5.92. The number of nitrogens with one attached hydrogen (secondary N) is 1. The lowest BCUT2D eigenvalue weighted by atomic mass is 9.73. The summed E-state index contributed by atoms with van der Waals surface area (Å²) in [7, 11) is 1.85. The lowest BCUT2D eigenvalue weighted by molar-refractivity contribution is 0.0141. The molecule has 2 bridgehead atoms. The van der Waals surface area contributed by atoms with Gasteiger partial charge in [0, 0.05) is 50.4 Å². The molecule has 3 aliphatic rings. The van der Waals surface area contributed by atoms with Crippen LogP contribution in [-0.2, 0) is 11.8 Å². The smallest absolute Gasteiger partial charge is 0.271 e. The predicted molar refractivity (Wildman–Crippen MR) is 110 cm³/mol. The minimum absolute atomic E-state index is 0.148. The molecule has 3 aliphatic heterocycles. The average Bonchev–Trinajstić information content (AvgIpc) is 3.48. The Labute approximate surface area is 175 Å². The van der Waals surface area contributed by atoms with Gasteiger partial charge >= 0.3 is 0 Å². The first-order valence-corrected chi connectivity index (χ1v) is 10.5. The summed E-state index contributed by atoms with van der Waals surface area (Å²) in [4.78, 5) is 23.6. The van der Waals surface area contributed by atoms with Crippen LogP contribution in [0, 0.1) is 37.0 Å². The van der Waals surface area contributed by atoms with E-state index in [0.29, 0.717) is 23.7 Å². The standard InChI is InChI=1S/C22H26N6O2/c1-13-6-15(7-23)20(26-14(13)2)28-9-17-16(19-4-5-22(17,11-28)30-19)8-24-21(29)18-10-27(3)12-25-18/h6,10,12,16-17,19H,4-5,8-9,11H2,1-3H3,(H,24,29)/t16-,17+,19+,22+/m0/s1. The van der Waals surface area contributed by atoms with Gasteiger partial charge in [0.15, 0.2) is 0 Å². The first kappa shape index (κ1) is 19.1. The molecule has 8 heteroatoms. The number of nitrogens with zero attached hydrogens (tertiary/aromatic N) is 5. The summed E-state index contributed by atoms with van der Waals surface area (Å²) in [6.45, 7) is 6.09. The number of hydrogen-bond acceptors (Lipinski definition) is 6. The van der Waals surface area contributed by atoms with Crippen molar-refractivity contribution in [3.8, 4) is 6.07 Å². The van der Waals surface area contributed by atoms with E-state index in [-0.39, 0.29) is 23.5 Å². The molecule has 0 saturated carbocycles. The number of pyridine rings is 1. The third-order valence-electron chi connectivity index (χ3n) is 7.09. The van der Waals surface area contributed by atoms with Crippen LogP contribution in [0.3, 0.4) is 0 Å². The molecule has 5 rings (SSSR count). The number of imidazole rings is 1. The molecule has 1 amide bonds. The number of ether oxygens (including phenoxy) is 1. The Morgan fingerprint density at radius 2 is 2.30 bits per heavy atom. The van der Waals surface area contributed by atoms with Crippen molar-refractivity contribution in [3.63, 3.8) is 0 Å². The fourth-order valence-corrected chi connectivity index (χ4v) is 5.47. The molecule has 5 heterocycles. The van der Waals surface area contributed by atoms with E-state index in [1.807, 2.05) is 27.0 Å². The molecule has 30 heavy (non-hydrogen) atoms. The first-order valence-electron chi connectivity index (χ1n) is 10.5. The second-order valence-electron chi connectivity index (χ2n) is 8.92. The van der Waals surface area contributed by atoms with Gasteiger partial charge in [0.1, 0.15) is 17.6 Å². The summed E-state index contributed by atoms with van der Waals surface area (Å²) in [6, 6.07) is 4.23. The van der Waals surface area contributed by atoms with E-state index in [2.05, 4.69) is 21.3 Å². The molecule has 1 N–H and O–H groups in total. The average molecular weight is 406 g/mol. The van der Waals surface area contributed by atoms with Crippen molar-refractivity contribution in [2.24, 2.45) is 18.9 Å². The summed E-state index contributed by atoms with van der Waals surface area (Å²) in [5, 5.41) is 12.7. The zero-order chi connectivity index (χ0) is 21.0. The van der Waals surface area contributed by atoms with Crippen molar-refractivity contribution < 1.29 is 9.53 Å². The van der Waals surface area contributed by atoms with Crippen LogP contribution in [0.1, 0.15) is 40.2 Å². The Morgan fingerprint density at radius 3 is 3.03 bits per heavy atom. The topological polar surface area (TPSA) is 96.1 Å². The molecular weight excluding hydrogens is 380 g/mol. The Balaban J connectivity index is 1.34. The molecule has 3 fully saturated rings. The van der Waals surface area contributed by atoms with E-state index < -0.39 is 0 Å². The maximum absolute atomic E-state index is 12.5. The lowest BCUT2D eigenvalue weighted by Gasteiger charge is -2.29. The molecule has 3 saturated heterocycles. The zero-order valence-electron chi connectivity index (χ0n) is 17.6. The highest BCUT2D eigenvalue weighted by Crippen LogP contribution is 2.55. The van der Waals surface area contributed by atoms with Gasteiger partial charge in [0.2, 0.25) is 0 Å². The molecule has 8 nitrogen and oxygen atoms in total. The zero-order valence-corrected chi connectivity index (χ0v) is 17.6. The summed E-state index contributed by atoms with van der Waals surface area (Å²) in [5.41, 5.74) is 2.83. The molecule has 0 radical (unpaired) electrons. The van der Waals surface area contributed by atoms with Crippen LogP contribution in [0.5, 0.6) is 0 Å². The number of carbonyl (C=O) groups is 1. The van der Waals surface area contributed by atoms with Crippen LogP contribution < -0.4 is 10.2 Å². The van der Waals surface area contributed by atoms with E-state index in [9.17, 15) is 10.1 Å². The third kappa shape index (κ3) is 2.88. The van der Waals surface area contributed by atoms with Crippen molar-refractivity contribution in [2.75, 3.05) is 24.5 Å². The minimum Gasteiger partial charge on any atom is -0.369 e. The fraction of sp³-hybridized carbons (Fsp3) is 0.545. The summed E-state index contributed by atoms with van der Waals surface area (Å²) in [6.07, 6.45) is 5.57. The number of fused-ring (bicyclic) bond motifs is 1. The first-order chi connectivity index (χ1) is 14.4. The molecule has 4 atom stereocenters. The van der Waals surface area contributed by atoms with Crippen LogP contribution in [0.4, 0.5) is 5.82 Å². The van der Waals surface area contributed by atoms with Crippen LogP contribution in [0.2, 0.25) is 0 Å². The number of anilines is 1. The second kappa shape index (κ2) is 6.81. The highest BCUT2D eigenvalue weighted by Gasteiger charge is 2.63. The van der Waals surface area contributed by atoms with Gasteiger partial charge in [-0.2, -0.15) is 5.26 Å². The number of aromatic nitrogens is 3. The predicted octanol–water partition coefficient (Wildman–Crippen LogP) is 1.72. The van der Waals surface area contributed by atoms with Gasteiger partial charge in [-0.05, 0) is 38.3 Å². The number of amides is 1. The van der Waals surface area contributed by atoms with Crippen molar-refractivity contribution in [2.45, 2.75) is 38.4 Å². The van der Waals surface area contributed by atoms with Crippen molar-refractivity contribution in [3.05, 3.63) is 41.1 Å². The SMILES string of the molecule is Cc1cc(C#N)c(N2C[C@@H]3[C@H](CNC(=O)c4cn(C)cn4)[C@H]4CC[C@]3(C2)O4)nc1C. The maximum Gasteiger partial charge on any atom is 0.271 e. The Bertz CT molecular complexity index is 1060. The van der Waals surface area contributed by atoms with Gasteiger partial charge in [-0.1, -0.05) is 0 Å². The lowest BCUT2D eigenvalue weighted by Crippen LogP contribution is -2.42. The summed E-state index contributed by atoms with van der Waals surface area (Å²) < 4.78 is 8.26. The Morgan fingerprint density at radius 1 is 1.47 bits per heavy atom. The van der Waals surface area contributed by atoms with Gasteiger partial charge in [0.25, 0.3) is 5.91 Å². The fourth-order valence-electron chi connectivity index (χ4n) is 5.47. The number of hydrogen-bond donors (Lipinski definition) is 1. The molecule has 1 spiro atoms. The molecule has 2 aromatic rings. The normalized spacial score (nSPS) is 29.1. The third-order valence-corrected chi connectivity index (χ3v) is 7.09. The number of nitriles is 1. The maximum atomic E-state index is 12.5. The molecular formula is C22H26N6O2. The van der Waals surface area contributed by atoms with E-state index >= 15 is 0 Å². The van der Waals surface area contributed by atoms with Gasteiger partial charge in [-0.25, -0.2) is 9.97 Å². The van der Waals surface area contributed by atoms with E-state index in [1.165, 1.54) is 0 Å². The van der Waals surface area contributed by atoms with Crippen LogP contribution in [0.15, 0.2) is 18.6 Å². The van der Waals surface area contributed by atoms with Crippen molar-refractivity contribution >= 4 is 11.7 Å². The van der Waals surface area contributed by atoms with E-state index in [4.69, 9.17) is 9.72 Å². The van der Waals surface area contributed by atoms with Crippen LogP contribution in [-0.4, -0.2) is 51.8 Å². The quantitative estimate of drug-likeness (QED) is 0.831. The van der Waals surface area contributed by atoms with Gasteiger partial charge < -0.3 is 19.5 Å². The number of rotatable bonds is 4. The second-order valence-corrected chi connectivity index (χ2v) is 8.92. The van der Waals surface area contributed by atoms with E-state index in [1.54, 1.807) is 17.1 Å². The van der Waals surface area contributed by atoms with Crippen molar-refractivity contribution in [1.29, 1.82) is 5.26 Å². The van der Waals surface area contributed by atoms with Gasteiger partial charge in [0.05, 0.1) is 23.6 Å². The monoisotopic (exact) mass is 406 g/mol. The van der Waals surface area contributed by atoms with Crippen LogP contribution in [0.25, 0.3) is 0 Å².